The van der Waals surface area contributed by atoms with E-state index < -0.39 is 9.84 Å². The van der Waals surface area contributed by atoms with Crippen LogP contribution in [-0.4, -0.2) is 32.9 Å². The number of hydrogen-bond acceptors (Lipinski definition) is 3. The van der Waals surface area contributed by atoms with E-state index in [0.29, 0.717) is 5.56 Å². The van der Waals surface area contributed by atoms with Crippen molar-refractivity contribution in [1.82, 2.24) is 5.32 Å². The number of aryl methyl sites for hydroxylation is 1. The molecule has 0 aliphatic heterocycles. The summed E-state index contributed by atoms with van der Waals surface area (Å²) >= 11 is 3.34. The van der Waals surface area contributed by atoms with Gasteiger partial charge in [0.15, 0.2) is 0 Å². The van der Waals surface area contributed by atoms with Crippen LogP contribution in [0.4, 0.5) is 0 Å². The molecule has 0 aromatic heterocycles. The van der Waals surface area contributed by atoms with Gasteiger partial charge in [-0.15, -0.1) is 0 Å². The van der Waals surface area contributed by atoms with Gasteiger partial charge >= 0.3 is 0 Å². The molecule has 1 aromatic rings. The molecule has 0 spiro atoms. The lowest BCUT2D eigenvalue weighted by molar-refractivity contribution is 0.0956. The average molecular weight is 320 g/mol. The first-order chi connectivity index (χ1) is 7.79. The molecule has 0 fully saturated rings. The van der Waals surface area contributed by atoms with Gasteiger partial charge in [0.25, 0.3) is 5.91 Å². The highest BCUT2D eigenvalue weighted by molar-refractivity contribution is 9.10. The molecule has 1 rings (SSSR count). The van der Waals surface area contributed by atoms with Crippen molar-refractivity contribution >= 4 is 31.7 Å². The van der Waals surface area contributed by atoms with Crippen molar-refractivity contribution in [2.45, 2.75) is 6.92 Å². The summed E-state index contributed by atoms with van der Waals surface area (Å²) in [6.07, 6.45) is 1.14. The molecule has 94 valence electrons. The predicted molar refractivity (Wildman–Crippen MR) is 70.9 cm³/mol. The van der Waals surface area contributed by atoms with E-state index in [1.807, 2.05) is 13.0 Å². The summed E-state index contributed by atoms with van der Waals surface area (Å²) in [5, 5.41) is 2.56. The van der Waals surface area contributed by atoms with E-state index in [1.165, 1.54) is 0 Å². The Morgan fingerprint density at radius 3 is 2.59 bits per heavy atom. The van der Waals surface area contributed by atoms with Crippen molar-refractivity contribution in [3.63, 3.8) is 0 Å². The van der Waals surface area contributed by atoms with Crippen LogP contribution in [0.1, 0.15) is 15.9 Å². The van der Waals surface area contributed by atoms with Crippen molar-refractivity contribution in [2.75, 3.05) is 18.6 Å². The maximum absolute atomic E-state index is 11.7. The standard InChI is InChI=1S/C11H14BrNO3S/c1-8-3-4-9(7-10(8)12)11(14)13-5-6-17(2,15)16/h3-4,7H,5-6H2,1-2H3,(H,13,14). The molecule has 0 atom stereocenters. The van der Waals surface area contributed by atoms with Crippen LogP contribution >= 0.6 is 15.9 Å². The number of benzene rings is 1. The molecule has 0 unspecified atom stereocenters. The van der Waals surface area contributed by atoms with Gasteiger partial charge in [0.05, 0.1) is 5.75 Å². The summed E-state index contributed by atoms with van der Waals surface area (Å²) in [5.74, 6) is -0.319. The van der Waals surface area contributed by atoms with E-state index in [1.54, 1.807) is 12.1 Å². The van der Waals surface area contributed by atoms with Gasteiger partial charge in [-0.25, -0.2) is 8.42 Å². The number of nitrogens with one attached hydrogen (secondary N) is 1. The van der Waals surface area contributed by atoms with Crippen LogP contribution in [-0.2, 0) is 9.84 Å². The highest BCUT2D eigenvalue weighted by atomic mass is 79.9. The minimum absolute atomic E-state index is 0.0498. The normalized spacial score (nSPS) is 11.2. The molecule has 0 aliphatic carbocycles. The van der Waals surface area contributed by atoms with E-state index in [2.05, 4.69) is 21.2 Å². The predicted octanol–water partition coefficient (Wildman–Crippen LogP) is 1.53. The summed E-state index contributed by atoms with van der Waals surface area (Å²) in [7, 11) is -3.04. The summed E-state index contributed by atoms with van der Waals surface area (Å²) in [4.78, 5) is 11.7. The minimum atomic E-state index is -3.04. The zero-order chi connectivity index (χ0) is 13.1. The monoisotopic (exact) mass is 319 g/mol. The maximum atomic E-state index is 11.7. The van der Waals surface area contributed by atoms with Crippen molar-refractivity contribution in [3.05, 3.63) is 33.8 Å². The molecular weight excluding hydrogens is 306 g/mol. The molecule has 0 saturated carbocycles. The smallest absolute Gasteiger partial charge is 0.251 e. The highest BCUT2D eigenvalue weighted by Gasteiger charge is 2.08. The second kappa shape index (κ2) is 5.64. The molecule has 1 aromatic carbocycles. The Bertz CT molecular complexity index is 526. The van der Waals surface area contributed by atoms with Crippen LogP contribution in [0.25, 0.3) is 0 Å². The van der Waals surface area contributed by atoms with Gasteiger partial charge < -0.3 is 5.32 Å². The number of hydrogen-bond donors (Lipinski definition) is 1. The second-order valence-corrected chi connectivity index (χ2v) is 6.96. The van der Waals surface area contributed by atoms with E-state index >= 15 is 0 Å². The Balaban J connectivity index is 2.61. The first-order valence-corrected chi connectivity index (χ1v) is 7.87. The lowest BCUT2D eigenvalue weighted by Gasteiger charge is -2.06. The highest BCUT2D eigenvalue weighted by Crippen LogP contribution is 2.17. The Hall–Kier alpha value is -0.880. The number of carbonyl (C=O) groups excluding carboxylic acids is 1. The van der Waals surface area contributed by atoms with Crippen molar-refractivity contribution in [3.8, 4) is 0 Å². The van der Waals surface area contributed by atoms with Crippen LogP contribution < -0.4 is 5.32 Å². The Morgan fingerprint density at radius 1 is 1.41 bits per heavy atom. The van der Waals surface area contributed by atoms with Gasteiger partial charge in [0.1, 0.15) is 9.84 Å². The number of amides is 1. The average Bonchev–Trinajstić information content (AvgIpc) is 2.20. The molecule has 17 heavy (non-hydrogen) atoms. The molecule has 0 heterocycles. The van der Waals surface area contributed by atoms with Crippen LogP contribution in [0.5, 0.6) is 0 Å². The minimum Gasteiger partial charge on any atom is -0.351 e. The third-order valence-electron chi connectivity index (χ3n) is 2.19. The third kappa shape index (κ3) is 4.87. The van der Waals surface area contributed by atoms with E-state index in [4.69, 9.17) is 0 Å². The zero-order valence-corrected chi connectivity index (χ0v) is 12.1. The van der Waals surface area contributed by atoms with E-state index in [9.17, 15) is 13.2 Å². The number of halogens is 1. The SMILES string of the molecule is Cc1ccc(C(=O)NCCS(C)(=O)=O)cc1Br. The van der Waals surface area contributed by atoms with Gasteiger partial charge in [-0.1, -0.05) is 22.0 Å². The first-order valence-electron chi connectivity index (χ1n) is 5.01. The first kappa shape index (κ1) is 14.2. The lowest BCUT2D eigenvalue weighted by atomic mass is 10.1. The summed E-state index contributed by atoms with van der Waals surface area (Å²) in [5.41, 5.74) is 1.55. The molecule has 4 nitrogen and oxygen atoms in total. The van der Waals surface area contributed by atoms with Crippen LogP contribution in [0, 0.1) is 6.92 Å². The Kier molecular flexibility index (Phi) is 4.70. The quantitative estimate of drug-likeness (QED) is 0.915. The van der Waals surface area contributed by atoms with E-state index in [0.717, 1.165) is 16.3 Å². The van der Waals surface area contributed by atoms with Crippen LogP contribution in [0.15, 0.2) is 22.7 Å². The van der Waals surface area contributed by atoms with Crippen molar-refractivity contribution in [2.24, 2.45) is 0 Å². The largest absolute Gasteiger partial charge is 0.351 e. The molecule has 1 N–H and O–H groups in total. The summed E-state index contributed by atoms with van der Waals surface area (Å²) < 4.78 is 22.6. The Labute approximate surface area is 109 Å². The van der Waals surface area contributed by atoms with Gasteiger partial charge in [0, 0.05) is 22.8 Å². The summed E-state index contributed by atoms with van der Waals surface area (Å²) in [6.45, 7) is 2.05. The van der Waals surface area contributed by atoms with Gasteiger partial charge in [-0.2, -0.15) is 0 Å². The topological polar surface area (TPSA) is 63.2 Å². The fourth-order valence-electron chi connectivity index (χ4n) is 1.19. The molecule has 0 aliphatic rings. The zero-order valence-electron chi connectivity index (χ0n) is 9.66. The molecule has 1 amide bonds. The third-order valence-corrected chi connectivity index (χ3v) is 3.99. The lowest BCUT2D eigenvalue weighted by Crippen LogP contribution is -2.28. The molecule has 0 radical (unpaired) electrons. The Morgan fingerprint density at radius 2 is 2.06 bits per heavy atom. The number of carbonyl (C=O) groups is 1. The fourth-order valence-corrected chi connectivity index (χ4v) is 2.04. The van der Waals surface area contributed by atoms with Crippen LogP contribution in [0.2, 0.25) is 0 Å². The van der Waals surface area contributed by atoms with Crippen molar-refractivity contribution in [1.29, 1.82) is 0 Å². The summed E-state index contributed by atoms with van der Waals surface area (Å²) in [6, 6.07) is 5.25. The van der Waals surface area contributed by atoms with Crippen LogP contribution in [0.3, 0.4) is 0 Å². The van der Waals surface area contributed by atoms with Crippen molar-refractivity contribution < 1.29 is 13.2 Å². The molecule has 6 heteroatoms. The van der Waals surface area contributed by atoms with E-state index in [-0.39, 0.29) is 18.2 Å². The molecule has 0 saturated heterocycles. The fraction of sp³-hybridized carbons (Fsp3) is 0.364. The molecular formula is C11H14BrNO3S. The molecule has 0 bridgehead atoms. The van der Waals surface area contributed by atoms with Gasteiger partial charge in [-0.3, -0.25) is 4.79 Å². The van der Waals surface area contributed by atoms with Gasteiger partial charge in [-0.05, 0) is 24.6 Å². The number of sulfone groups is 1. The van der Waals surface area contributed by atoms with Gasteiger partial charge in [0.2, 0.25) is 0 Å². The number of rotatable bonds is 4. The maximum Gasteiger partial charge on any atom is 0.251 e. The second-order valence-electron chi connectivity index (χ2n) is 3.85.